The van der Waals surface area contributed by atoms with E-state index in [1.165, 1.54) is 0 Å². The number of rotatable bonds is 14. The zero-order valence-corrected chi connectivity index (χ0v) is 24.0. The minimum absolute atomic E-state index is 0.0119. The molecule has 0 heterocycles. The van der Waals surface area contributed by atoms with E-state index < -0.39 is 43.2 Å². The van der Waals surface area contributed by atoms with E-state index in [1.807, 2.05) is 60.7 Å². The van der Waals surface area contributed by atoms with Gasteiger partial charge in [-0.15, -0.1) is 0 Å². The van der Waals surface area contributed by atoms with Crippen LogP contribution in [0.2, 0.25) is 0 Å². The van der Waals surface area contributed by atoms with Crippen molar-refractivity contribution in [2.24, 2.45) is 5.92 Å². The Labute approximate surface area is 246 Å². The highest BCUT2D eigenvalue weighted by molar-refractivity contribution is 7.66. The van der Waals surface area contributed by atoms with Crippen molar-refractivity contribution in [1.29, 1.82) is 0 Å². The van der Waals surface area contributed by atoms with Crippen LogP contribution in [0.3, 0.4) is 0 Å². The van der Waals surface area contributed by atoms with Crippen molar-refractivity contribution in [1.82, 2.24) is 0 Å². The summed E-state index contributed by atoms with van der Waals surface area (Å²) in [6.07, 6.45) is -0.601. The van der Waals surface area contributed by atoms with Crippen molar-refractivity contribution in [2.75, 3.05) is 6.16 Å². The Morgan fingerprint density at radius 2 is 1.12 bits per heavy atom. The van der Waals surface area contributed by atoms with Crippen LogP contribution in [0.5, 0.6) is 0 Å². The fraction of sp³-hybridized carbons (Fsp3) is 0.206. The van der Waals surface area contributed by atoms with Crippen LogP contribution in [-0.4, -0.2) is 33.7 Å². The van der Waals surface area contributed by atoms with Crippen LogP contribution in [-0.2, 0) is 32.3 Å². The molecule has 2 atom stereocenters. The molecular formula is C34H34O7P+. The first-order chi connectivity index (χ1) is 20.3. The molecule has 0 radical (unpaired) electrons. The van der Waals surface area contributed by atoms with Crippen molar-refractivity contribution >= 4 is 25.4 Å². The van der Waals surface area contributed by atoms with E-state index in [0.717, 1.165) is 11.1 Å². The first-order valence-corrected chi connectivity index (χ1v) is 15.7. The SMILES string of the molecule is O=C(CCC(C[P+](O)(O)C(C(=O)c1ccccc1)c1ccccc1)C(=O)OCc1ccccc1)OCc1ccccc1. The summed E-state index contributed by atoms with van der Waals surface area (Å²) in [5.41, 5.74) is 1.07. The van der Waals surface area contributed by atoms with Crippen molar-refractivity contribution in [3.8, 4) is 0 Å². The van der Waals surface area contributed by atoms with Gasteiger partial charge in [-0.2, -0.15) is 0 Å². The number of ketones is 1. The lowest BCUT2D eigenvalue weighted by molar-refractivity contribution is -0.150. The molecule has 4 aromatic rings. The predicted octanol–water partition coefficient (Wildman–Crippen LogP) is 6.33. The van der Waals surface area contributed by atoms with Crippen LogP contribution in [0, 0.1) is 5.92 Å². The van der Waals surface area contributed by atoms with E-state index in [0.29, 0.717) is 11.1 Å². The number of carbonyl (C=O) groups excluding carboxylic acids is 3. The Morgan fingerprint density at radius 1 is 0.643 bits per heavy atom. The topological polar surface area (TPSA) is 110 Å². The summed E-state index contributed by atoms with van der Waals surface area (Å²) < 4.78 is 10.9. The van der Waals surface area contributed by atoms with Crippen LogP contribution in [0.25, 0.3) is 0 Å². The molecule has 0 bridgehead atoms. The lowest BCUT2D eigenvalue weighted by Crippen LogP contribution is -2.27. The van der Waals surface area contributed by atoms with Crippen LogP contribution < -0.4 is 0 Å². The average molecular weight is 586 g/mol. The first-order valence-electron chi connectivity index (χ1n) is 13.7. The molecule has 4 rings (SSSR count). The lowest BCUT2D eigenvalue weighted by Gasteiger charge is -2.25. The number of ether oxygens (including phenoxy) is 2. The van der Waals surface area contributed by atoms with Gasteiger partial charge in [-0.05, 0) is 17.5 Å². The van der Waals surface area contributed by atoms with Gasteiger partial charge in [0.25, 0.3) is 7.72 Å². The Kier molecular flexibility index (Phi) is 11.1. The van der Waals surface area contributed by atoms with E-state index >= 15 is 0 Å². The molecule has 0 aliphatic heterocycles. The Morgan fingerprint density at radius 3 is 1.67 bits per heavy atom. The number of hydrogen-bond donors (Lipinski definition) is 2. The molecule has 0 spiro atoms. The molecule has 0 aliphatic carbocycles. The van der Waals surface area contributed by atoms with Gasteiger partial charge in [0.05, 0.1) is 5.92 Å². The molecule has 0 saturated heterocycles. The number of hydrogen-bond acceptors (Lipinski definition) is 7. The van der Waals surface area contributed by atoms with Crippen LogP contribution in [0.1, 0.15) is 45.5 Å². The fourth-order valence-electron chi connectivity index (χ4n) is 4.64. The highest BCUT2D eigenvalue weighted by Crippen LogP contribution is 2.65. The molecule has 216 valence electrons. The summed E-state index contributed by atoms with van der Waals surface area (Å²) in [7, 11) is -4.13. The maximum atomic E-state index is 13.7. The third-order valence-corrected chi connectivity index (χ3v) is 9.16. The second kappa shape index (κ2) is 15.2. The van der Waals surface area contributed by atoms with Gasteiger partial charge in [0.2, 0.25) is 11.4 Å². The van der Waals surface area contributed by atoms with Gasteiger partial charge >= 0.3 is 11.9 Å². The molecule has 0 fully saturated rings. The van der Waals surface area contributed by atoms with Crippen molar-refractivity contribution in [3.63, 3.8) is 0 Å². The minimum atomic E-state index is -4.13. The maximum absolute atomic E-state index is 13.7. The van der Waals surface area contributed by atoms with Gasteiger partial charge in [-0.25, -0.2) is 9.79 Å². The number of Topliss-reactive ketones (excluding diaryl/α,β-unsaturated/α-hetero) is 1. The van der Waals surface area contributed by atoms with Gasteiger partial charge < -0.3 is 9.47 Å². The average Bonchev–Trinajstić information content (AvgIpc) is 3.02. The molecule has 7 nitrogen and oxygen atoms in total. The third kappa shape index (κ3) is 8.92. The summed E-state index contributed by atoms with van der Waals surface area (Å²) in [6.45, 7) is 0.0728. The van der Waals surface area contributed by atoms with Crippen molar-refractivity contribution in [2.45, 2.75) is 31.7 Å². The molecule has 42 heavy (non-hydrogen) atoms. The summed E-state index contributed by atoms with van der Waals surface area (Å²) >= 11 is 0. The van der Waals surface area contributed by atoms with E-state index in [-0.39, 0.29) is 26.1 Å². The highest BCUT2D eigenvalue weighted by Gasteiger charge is 2.52. The van der Waals surface area contributed by atoms with Gasteiger partial charge in [0.15, 0.2) is 0 Å². The highest BCUT2D eigenvalue weighted by atomic mass is 31.2. The molecule has 2 N–H and O–H groups in total. The maximum Gasteiger partial charge on any atom is 0.313 e. The quantitative estimate of drug-likeness (QED) is 0.101. The zero-order chi connectivity index (χ0) is 29.8. The largest absolute Gasteiger partial charge is 0.461 e. The molecule has 8 heteroatoms. The second-order valence-corrected chi connectivity index (χ2v) is 12.4. The van der Waals surface area contributed by atoms with E-state index in [2.05, 4.69) is 0 Å². The number of carbonyl (C=O) groups is 3. The van der Waals surface area contributed by atoms with Crippen LogP contribution in [0.15, 0.2) is 121 Å². The molecule has 0 aromatic heterocycles. The molecule has 2 unspecified atom stereocenters. The zero-order valence-electron chi connectivity index (χ0n) is 23.1. The van der Waals surface area contributed by atoms with Crippen molar-refractivity contribution < 1.29 is 33.6 Å². The fourth-order valence-corrected chi connectivity index (χ4v) is 7.00. The van der Waals surface area contributed by atoms with E-state index in [1.54, 1.807) is 60.7 Å². The molecule has 0 saturated carbocycles. The Bertz CT molecular complexity index is 1430. The summed E-state index contributed by atoms with van der Waals surface area (Å²) in [6, 6.07) is 35.3. The number of benzene rings is 4. The lowest BCUT2D eigenvalue weighted by atomic mass is 10.0. The molecule has 0 amide bonds. The monoisotopic (exact) mass is 585 g/mol. The molecule has 0 aliphatic rings. The van der Waals surface area contributed by atoms with Gasteiger partial charge in [0, 0.05) is 17.5 Å². The summed E-state index contributed by atoms with van der Waals surface area (Å²) in [5, 5.41) is 0. The third-order valence-electron chi connectivity index (χ3n) is 6.82. The first kappa shape index (κ1) is 30.8. The number of esters is 2. The Balaban J connectivity index is 1.53. The second-order valence-electron chi connectivity index (χ2n) is 9.99. The van der Waals surface area contributed by atoms with Gasteiger partial charge in [-0.3, -0.25) is 14.4 Å². The van der Waals surface area contributed by atoms with E-state index in [4.69, 9.17) is 9.47 Å². The molecular weight excluding hydrogens is 551 g/mol. The van der Waals surface area contributed by atoms with Gasteiger partial charge in [0.1, 0.15) is 19.4 Å². The van der Waals surface area contributed by atoms with Crippen LogP contribution in [0.4, 0.5) is 0 Å². The normalized spacial score (nSPS) is 12.6. The molecule has 4 aromatic carbocycles. The smallest absolute Gasteiger partial charge is 0.313 e. The van der Waals surface area contributed by atoms with Crippen molar-refractivity contribution in [3.05, 3.63) is 144 Å². The summed E-state index contributed by atoms with van der Waals surface area (Å²) in [5.74, 6) is -2.73. The summed E-state index contributed by atoms with van der Waals surface area (Å²) in [4.78, 5) is 62.8. The minimum Gasteiger partial charge on any atom is -0.461 e. The standard InChI is InChI=1S/C34H34O7P/c35-31(40-23-26-13-5-1-6-14-26)22-21-30(34(37)41-24-27-15-7-2-8-16-27)25-42(38,39)33(29-19-11-4-12-20-29)32(36)28-17-9-3-10-18-28/h1-20,30,33,38-39H,21-25H2/q+1. The van der Waals surface area contributed by atoms with Gasteiger partial charge in [-0.1, -0.05) is 121 Å². The van der Waals surface area contributed by atoms with Crippen LogP contribution >= 0.6 is 7.72 Å². The Hall–Kier alpha value is -4.16. The van der Waals surface area contributed by atoms with E-state index in [9.17, 15) is 24.2 Å². The predicted molar refractivity (Wildman–Crippen MR) is 161 cm³/mol.